The van der Waals surface area contributed by atoms with Crippen LogP contribution in [0.4, 0.5) is 0 Å². The van der Waals surface area contributed by atoms with Gasteiger partial charge in [-0.05, 0) is 54.9 Å². The SMILES string of the molecule is COCc1c(C(=O)OC(C)(C)C)ncc2[nH]c3ccc(Oc4cnc(Br)cn4)cc3c12. The molecule has 4 aromatic rings. The van der Waals surface area contributed by atoms with Gasteiger partial charge >= 0.3 is 5.97 Å². The molecule has 3 heterocycles. The first-order valence-corrected chi connectivity index (χ1v) is 10.4. The molecule has 4 rings (SSSR count). The molecule has 0 saturated carbocycles. The zero-order chi connectivity index (χ0) is 22.2. The molecule has 0 atom stereocenters. The Morgan fingerprint density at radius 2 is 1.90 bits per heavy atom. The van der Waals surface area contributed by atoms with Crippen molar-refractivity contribution in [2.45, 2.75) is 33.0 Å². The fourth-order valence-corrected chi connectivity index (χ4v) is 3.47. The lowest BCUT2D eigenvalue weighted by Crippen LogP contribution is -2.25. The van der Waals surface area contributed by atoms with Crippen molar-refractivity contribution in [2.24, 2.45) is 0 Å². The number of H-pyrrole nitrogens is 1. The van der Waals surface area contributed by atoms with E-state index in [0.29, 0.717) is 21.8 Å². The first-order chi connectivity index (χ1) is 14.7. The molecule has 8 nitrogen and oxygen atoms in total. The molecule has 0 radical (unpaired) electrons. The van der Waals surface area contributed by atoms with Crippen LogP contribution in [0.25, 0.3) is 21.8 Å². The monoisotopic (exact) mass is 484 g/mol. The number of hydrogen-bond donors (Lipinski definition) is 1. The minimum Gasteiger partial charge on any atom is -0.455 e. The molecule has 31 heavy (non-hydrogen) atoms. The Labute approximate surface area is 187 Å². The molecule has 1 aromatic carbocycles. The largest absolute Gasteiger partial charge is 0.455 e. The minimum atomic E-state index is -0.634. The maximum Gasteiger partial charge on any atom is 0.357 e. The lowest BCUT2D eigenvalue weighted by atomic mass is 10.1. The van der Waals surface area contributed by atoms with Gasteiger partial charge in [0.2, 0.25) is 5.88 Å². The number of halogens is 1. The number of hydrogen-bond acceptors (Lipinski definition) is 7. The lowest BCUT2D eigenvalue weighted by molar-refractivity contribution is 0.00593. The van der Waals surface area contributed by atoms with Gasteiger partial charge in [0.1, 0.15) is 16.0 Å². The Morgan fingerprint density at radius 1 is 1.10 bits per heavy atom. The summed E-state index contributed by atoms with van der Waals surface area (Å²) < 4.78 is 17.4. The summed E-state index contributed by atoms with van der Waals surface area (Å²) in [5.74, 6) is 0.466. The summed E-state index contributed by atoms with van der Waals surface area (Å²) in [6.45, 7) is 5.66. The van der Waals surface area contributed by atoms with Crippen molar-refractivity contribution >= 4 is 43.7 Å². The highest BCUT2D eigenvalue weighted by atomic mass is 79.9. The van der Waals surface area contributed by atoms with Crippen molar-refractivity contribution in [3.63, 3.8) is 0 Å². The Bertz CT molecular complexity index is 1260. The number of nitrogens with one attached hydrogen (secondary N) is 1. The number of benzene rings is 1. The van der Waals surface area contributed by atoms with Gasteiger partial charge in [-0.25, -0.2) is 19.7 Å². The van der Waals surface area contributed by atoms with Crippen molar-refractivity contribution in [3.8, 4) is 11.6 Å². The van der Waals surface area contributed by atoms with Gasteiger partial charge in [0.25, 0.3) is 0 Å². The fraction of sp³-hybridized carbons (Fsp3) is 0.273. The van der Waals surface area contributed by atoms with Crippen molar-refractivity contribution < 1.29 is 19.0 Å². The normalized spacial score (nSPS) is 11.8. The maximum absolute atomic E-state index is 12.8. The molecule has 0 saturated heterocycles. The van der Waals surface area contributed by atoms with Crippen molar-refractivity contribution in [2.75, 3.05) is 7.11 Å². The standard InChI is InChI=1S/C22H21BrN4O4/c1-22(2,3)31-21(28)20-14(11-29-4)19-13-7-12(30-18-10-24-17(23)9-25-18)5-6-15(13)27-16(19)8-26-20/h5-10,27H,11H2,1-4H3. The van der Waals surface area contributed by atoms with Gasteiger partial charge in [0.05, 0.1) is 30.7 Å². The smallest absolute Gasteiger partial charge is 0.357 e. The molecule has 0 bridgehead atoms. The summed E-state index contributed by atoms with van der Waals surface area (Å²) in [6, 6.07) is 5.62. The van der Waals surface area contributed by atoms with E-state index in [9.17, 15) is 4.79 Å². The summed E-state index contributed by atoms with van der Waals surface area (Å²) in [7, 11) is 1.58. The molecular weight excluding hydrogens is 464 g/mol. The first-order valence-electron chi connectivity index (χ1n) is 9.56. The van der Waals surface area contributed by atoms with Gasteiger partial charge in [-0.1, -0.05) is 0 Å². The van der Waals surface area contributed by atoms with Gasteiger partial charge < -0.3 is 19.2 Å². The maximum atomic E-state index is 12.8. The molecule has 0 aliphatic carbocycles. The molecule has 3 aromatic heterocycles. The number of rotatable bonds is 5. The number of pyridine rings is 1. The zero-order valence-electron chi connectivity index (χ0n) is 17.5. The summed E-state index contributed by atoms with van der Waals surface area (Å²) in [5.41, 5.74) is 1.92. The molecule has 0 amide bonds. The highest BCUT2D eigenvalue weighted by molar-refractivity contribution is 9.10. The predicted octanol–water partition coefficient (Wildman–Crippen LogP) is 5.16. The number of carbonyl (C=O) groups is 1. The van der Waals surface area contributed by atoms with E-state index < -0.39 is 11.6 Å². The summed E-state index contributed by atoms with van der Waals surface area (Å²) in [6.07, 6.45) is 4.73. The topological polar surface area (TPSA) is 99.2 Å². The van der Waals surface area contributed by atoms with Crippen molar-refractivity contribution in [3.05, 3.63) is 52.7 Å². The van der Waals surface area contributed by atoms with Crippen LogP contribution in [0.3, 0.4) is 0 Å². The summed E-state index contributed by atoms with van der Waals surface area (Å²) in [4.78, 5) is 28.8. The molecule has 0 unspecified atom stereocenters. The molecule has 1 N–H and O–H groups in total. The fourth-order valence-electron chi connectivity index (χ4n) is 3.26. The Morgan fingerprint density at radius 3 is 2.58 bits per heavy atom. The van der Waals surface area contributed by atoms with Crippen LogP contribution < -0.4 is 4.74 Å². The molecule has 0 aliphatic rings. The molecule has 0 fully saturated rings. The second-order valence-electron chi connectivity index (χ2n) is 7.92. The van der Waals surface area contributed by atoms with Crippen LogP contribution in [0.5, 0.6) is 11.6 Å². The van der Waals surface area contributed by atoms with E-state index in [4.69, 9.17) is 14.2 Å². The van der Waals surface area contributed by atoms with Crippen LogP contribution in [0.1, 0.15) is 36.8 Å². The summed E-state index contributed by atoms with van der Waals surface area (Å²) in [5, 5.41) is 1.71. The second kappa shape index (κ2) is 8.24. The van der Waals surface area contributed by atoms with Gasteiger partial charge in [0.15, 0.2) is 5.69 Å². The van der Waals surface area contributed by atoms with Crippen LogP contribution in [0.2, 0.25) is 0 Å². The number of fused-ring (bicyclic) bond motifs is 3. The Kier molecular flexibility index (Phi) is 5.63. The quantitative estimate of drug-likeness (QED) is 0.390. The second-order valence-corrected chi connectivity index (χ2v) is 8.73. The lowest BCUT2D eigenvalue weighted by Gasteiger charge is -2.20. The van der Waals surface area contributed by atoms with Gasteiger partial charge in [-0.3, -0.25) is 0 Å². The van der Waals surface area contributed by atoms with E-state index in [0.717, 1.165) is 21.8 Å². The van der Waals surface area contributed by atoms with Crippen LogP contribution in [-0.2, 0) is 16.1 Å². The van der Waals surface area contributed by atoms with E-state index in [1.54, 1.807) is 19.5 Å². The number of aromatic nitrogens is 4. The van der Waals surface area contributed by atoms with Crippen LogP contribution in [0, 0.1) is 0 Å². The van der Waals surface area contributed by atoms with E-state index in [1.807, 2.05) is 39.0 Å². The predicted molar refractivity (Wildman–Crippen MR) is 119 cm³/mol. The van der Waals surface area contributed by atoms with E-state index >= 15 is 0 Å². The molecule has 160 valence electrons. The number of nitrogens with zero attached hydrogens (tertiary/aromatic N) is 3. The average Bonchev–Trinajstić information content (AvgIpc) is 3.07. The van der Waals surface area contributed by atoms with Gasteiger partial charge in [0, 0.05) is 29.0 Å². The average molecular weight is 485 g/mol. The van der Waals surface area contributed by atoms with Crippen LogP contribution in [-0.4, -0.2) is 38.6 Å². The van der Waals surface area contributed by atoms with Gasteiger partial charge in [-0.15, -0.1) is 0 Å². The van der Waals surface area contributed by atoms with E-state index in [2.05, 4.69) is 35.9 Å². The first kappa shape index (κ1) is 21.2. The van der Waals surface area contributed by atoms with Crippen molar-refractivity contribution in [1.82, 2.24) is 19.9 Å². The third kappa shape index (κ3) is 4.52. The zero-order valence-corrected chi connectivity index (χ0v) is 19.1. The van der Waals surface area contributed by atoms with Crippen LogP contribution >= 0.6 is 15.9 Å². The van der Waals surface area contributed by atoms with Crippen molar-refractivity contribution in [1.29, 1.82) is 0 Å². The molecular formula is C22H21BrN4O4. The number of aromatic amines is 1. The van der Waals surface area contributed by atoms with E-state index in [1.165, 1.54) is 6.20 Å². The highest BCUT2D eigenvalue weighted by Crippen LogP contribution is 2.34. The minimum absolute atomic E-state index is 0.204. The van der Waals surface area contributed by atoms with Gasteiger partial charge in [-0.2, -0.15) is 0 Å². The van der Waals surface area contributed by atoms with Crippen LogP contribution in [0.15, 0.2) is 41.4 Å². The Balaban J connectivity index is 1.83. The van der Waals surface area contributed by atoms with E-state index in [-0.39, 0.29) is 12.3 Å². The summed E-state index contributed by atoms with van der Waals surface area (Å²) >= 11 is 3.26. The number of esters is 1. The molecule has 9 heteroatoms. The third-order valence-electron chi connectivity index (χ3n) is 4.41. The number of methoxy groups -OCH3 is 1. The molecule has 0 spiro atoms. The number of ether oxygens (including phenoxy) is 3. The highest BCUT2D eigenvalue weighted by Gasteiger charge is 2.24. The molecule has 0 aliphatic heterocycles. The Hall–Kier alpha value is -3.04. The third-order valence-corrected chi connectivity index (χ3v) is 4.82. The number of carbonyl (C=O) groups excluding carboxylic acids is 1.